The molecule has 2 saturated carbocycles. The Morgan fingerprint density at radius 1 is 0.328 bits per heavy atom. The molecule has 22 rings (SSSR count). The summed E-state index contributed by atoms with van der Waals surface area (Å²) >= 11 is 0. The molecule has 116 heavy (non-hydrogen) atoms. The molecule has 20 aromatic rings. The first-order chi connectivity index (χ1) is 56.6. The fourth-order valence-electron chi connectivity index (χ4n) is 18.7. The fraction of sp³-hybridized carbons (Fsp3) is 0.231. The van der Waals surface area contributed by atoms with Gasteiger partial charge < -0.3 is 17.7 Å². The summed E-state index contributed by atoms with van der Waals surface area (Å²) in [6.07, 6.45) is 29.3. The third-order valence-corrected chi connectivity index (χ3v) is 25.1. The van der Waals surface area contributed by atoms with E-state index in [2.05, 4.69) is 322 Å². The molecule has 12 heteroatoms. The van der Waals surface area contributed by atoms with Crippen LogP contribution in [0.5, 0.6) is 0 Å². The first kappa shape index (κ1) is 73.4. The maximum Gasteiger partial charge on any atom is 0.227 e. The molecule has 12 nitrogen and oxygen atoms in total. The molecule has 2 fully saturated rings. The highest BCUT2D eigenvalue weighted by atomic mass is 16.4. The van der Waals surface area contributed by atoms with Crippen molar-refractivity contribution in [3.63, 3.8) is 0 Å². The number of hydrogen-bond acceptors (Lipinski definition) is 8. The zero-order chi connectivity index (χ0) is 79.1. The van der Waals surface area contributed by atoms with E-state index >= 15 is 0 Å². The number of aromatic nitrogens is 8. The van der Waals surface area contributed by atoms with Gasteiger partial charge in [0, 0.05) is 116 Å². The van der Waals surface area contributed by atoms with Crippen molar-refractivity contribution in [2.45, 2.75) is 130 Å². The van der Waals surface area contributed by atoms with Crippen LogP contribution in [0, 0.1) is 27.7 Å². The van der Waals surface area contributed by atoms with Crippen molar-refractivity contribution < 1.29 is 35.9 Å². The minimum atomic E-state index is 0.473. The lowest BCUT2D eigenvalue weighted by atomic mass is 9.84. The van der Waals surface area contributed by atoms with Crippen molar-refractivity contribution >= 4 is 131 Å². The summed E-state index contributed by atoms with van der Waals surface area (Å²) in [6.45, 7) is 15.3. The Morgan fingerprint density at radius 3 is 0.948 bits per heavy atom. The highest BCUT2D eigenvalue weighted by Crippen LogP contribution is 2.46. The van der Waals surface area contributed by atoms with Crippen LogP contribution in [0.4, 0.5) is 0 Å². The minimum Gasteiger partial charge on any atom is -0.437 e. The average Bonchev–Trinajstić information content (AvgIpc) is 1.60. The first-order valence-electron chi connectivity index (χ1n) is 41.4. The second-order valence-corrected chi connectivity index (χ2v) is 32.8. The number of nitrogens with zero attached hydrogens (tertiary/aromatic N) is 8. The zero-order valence-corrected chi connectivity index (χ0v) is 68.1. The topological polar surface area (TPSA) is 120 Å². The van der Waals surface area contributed by atoms with Gasteiger partial charge in [0.1, 0.15) is 28.2 Å². The largest absolute Gasteiger partial charge is 0.437 e. The van der Waals surface area contributed by atoms with E-state index in [9.17, 15) is 0 Å². The quantitative estimate of drug-likeness (QED) is 0.138. The minimum absolute atomic E-state index is 0.473. The smallest absolute Gasteiger partial charge is 0.227 e. The molecule has 12 aromatic heterocycles. The van der Waals surface area contributed by atoms with Gasteiger partial charge in [0.2, 0.25) is 45.6 Å². The molecular weight excluding hydrogens is 1430 g/mol. The molecule has 0 bridgehead atoms. The molecule has 0 spiro atoms. The maximum atomic E-state index is 6.44. The summed E-state index contributed by atoms with van der Waals surface area (Å²) in [5, 5.41) is 18.2. The van der Waals surface area contributed by atoms with Crippen molar-refractivity contribution in [3.05, 3.63) is 288 Å². The van der Waals surface area contributed by atoms with Gasteiger partial charge in [0.05, 0.1) is 43.8 Å². The van der Waals surface area contributed by atoms with E-state index in [0.29, 0.717) is 40.6 Å². The van der Waals surface area contributed by atoms with Gasteiger partial charge in [0.25, 0.3) is 0 Å². The predicted molar refractivity (Wildman–Crippen MR) is 472 cm³/mol. The van der Waals surface area contributed by atoms with Gasteiger partial charge in [-0.3, -0.25) is 0 Å². The van der Waals surface area contributed by atoms with Gasteiger partial charge in [-0.2, -0.15) is 0 Å². The molecule has 0 amide bonds. The van der Waals surface area contributed by atoms with Gasteiger partial charge >= 0.3 is 0 Å². The second kappa shape index (κ2) is 30.2. The average molecular weight is 1520 g/mol. The summed E-state index contributed by atoms with van der Waals surface area (Å²) in [5.74, 6) is 1.83. The Morgan fingerprint density at radius 2 is 0.621 bits per heavy atom. The standard InChI is InChI=1S/C28H27N2O.C27H25N2O.C25H23N2O.C24H21N2O/c1-18-12-13-23-26-22-11-7-6-10-21(22)17-29-28(26)31-27(23)25(18)24-16-20(14-15-30(24)2)19-8-4-3-5-9-19;1-17-11-12-22-25-21-10-6-5-9-20(21)16-28-27(25)30-26(22)24(17)23-15-19(13-14-29(23)2)18-7-3-4-8-18;1-15(2)17-11-12-27(4)21(13-17)22-16(3)9-10-20-23-19-8-6-5-7-18(19)14-26-25(23)28-24(20)22;1-4-16-11-12-26(3)20(13-16)21-15(2)9-10-19-22-18-8-6-5-7-17(18)14-25-24(22)27-23(19)21/h6-7,10-17,19H,3-5,8-9H2,1-2H3;5-6,9-16,18H,3-4,7-8H2,1-2H3;5-15H,1-4H3;5-14H,4H2,1-3H3/q4*+1. The van der Waals surface area contributed by atoms with Crippen LogP contribution in [0.15, 0.2) is 261 Å². The molecule has 8 aromatic carbocycles. The van der Waals surface area contributed by atoms with Crippen molar-refractivity contribution in [1.29, 1.82) is 0 Å². The molecule has 2 aliphatic carbocycles. The summed E-state index contributed by atoms with van der Waals surface area (Å²) in [4.78, 5) is 18.5. The maximum absolute atomic E-state index is 6.44. The lowest BCUT2D eigenvalue weighted by molar-refractivity contribution is -0.660. The van der Waals surface area contributed by atoms with Gasteiger partial charge in [-0.15, -0.1) is 0 Å². The van der Waals surface area contributed by atoms with Crippen LogP contribution >= 0.6 is 0 Å². The van der Waals surface area contributed by atoms with E-state index in [0.717, 1.165) is 110 Å². The third kappa shape index (κ3) is 12.9. The molecule has 0 aliphatic heterocycles. The lowest BCUT2D eigenvalue weighted by Gasteiger charge is -2.21. The summed E-state index contributed by atoms with van der Waals surface area (Å²) < 4.78 is 34.3. The number of fused-ring (bicyclic) bond motifs is 20. The Labute approximate surface area is 675 Å². The number of rotatable bonds is 8. The van der Waals surface area contributed by atoms with Crippen LogP contribution in [0.2, 0.25) is 0 Å². The van der Waals surface area contributed by atoms with Gasteiger partial charge in [-0.05, 0) is 144 Å². The number of hydrogen-bond donors (Lipinski definition) is 0. The zero-order valence-electron chi connectivity index (χ0n) is 68.1. The van der Waals surface area contributed by atoms with Crippen molar-refractivity contribution in [2.75, 3.05) is 0 Å². The van der Waals surface area contributed by atoms with Crippen molar-refractivity contribution in [1.82, 2.24) is 19.9 Å². The normalized spacial score (nSPS) is 13.6. The third-order valence-electron chi connectivity index (χ3n) is 25.1. The molecule has 2 aliphatic rings. The van der Waals surface area contributed by atoms with E-state index in [-0.39, 0.29) is 0 Å². The van der Waals surface area contributed by atoms with Crippen LogP contribution in [0.1, 0.15) is 141 Å². The SMILES string of the molecule is CCc1cc[n+](C)c(-c2c(C)ccc3c2oc2ncc4ccccc4c23)c1.Cc1ccc2c(oc3ncc4ccccc4c32)c1-c1cc(C(C)C)cc[n+]1C.Cc1ccc2c(oc3ncc4ccccc4c32)c1-c1cc(C2CCCC2)cc[n+]1C.Cc1ccc2c(oc3ncc4ccccc4c32)c1-c1cc(C2CCCCC2)cc[n+]1C. The van der Waals surface area contributed by atoms with Crippen LogP contribution in [-0.4, -0.2) is 19.9 Å². The van der Waals surface area contributed by atoms with E-state index in [4.69, 9.17) is 17.7 Å². The molecule has 0 atom stereocenters. The number of aryl methyl sites for hydroxylation is 9. The molecule has 572 valence electrons. The molecular formula is C104H96N8O4+4. The Bertz CT molecular complexity index is 7290. The monoisotopic (exact) mass is 1520 g/mol. The highest BCUT2D eigenvalue weighted by molar-refractivity contribution is 6.23. The van der Waals surface area contributed by atoms with E-state index in [1.807, 2.05) is 36.9 Å². The Kier molecular flexibility index (Phi) is 19.1. The second-order valence-electron chi connectivity index (χ2n) is 32.8. The van der Waals surface area contributed by atoms with Crippen LogP contribution in [0.25, 0.3) is 176 Å². The lowest BCUT2D eigenvalue weighted by Crippen LogP contribution is -2.31. The predicted octanol–water partition coefficient (Wildman–Crippen LogP) is 25.1. The van der Waals surface area contributed by atoms with E-state index in [1.165, 1.54) is 152 Å². The molecule has 0 unspecified atom stereocenters. The first-order valence-corrected chi connectivity index (χ1v) is 41.4. The van der Waals surface area contributed by atoms with Crippen LogP contribution < -0.4 is 18.3 Å². The Balaban J connectivity index is 0.000000103. The molecule has 0 saturated heterocycles. The van der Waals surface area contributed by atoms with Crippen LogP contribution in [0.3, 0.4) is 0 Å². The van der Waals surface area contributed by atoms with E-state index < -0.39 is 0 Å². The van der Waals surface area contributed by atoms with Gasteiger partial charge in [-0.25, -0.2) is 38.2 Å². The number of pyridine rings is 8. The number of furan rings is 4. The van der Waals surface area contributed by atoms with E-state index in [1.54, 1.807) is 0 Å². The molecule has 0 N–H and O–H groups in total. The van der Waals surface area contributed by atoms with Crippen molar-refractivity contribution in [3.8, 4) is 45.0 Å². The summed E-state index contributed by atoms with van der Waals surface area (Å²) in [5.41, 5.74) is 26.4. The Hall–Kier alpha value is -12.8. The van der Waals surface area contributed by atoms with Gasteiger partial charge in [0.15, 0.2) is 47.1 Å². The number of benzene rings is 8. The van der Waals surface area contributed by atoms with Gasteiger partial charge in [-0.1, -0.05) is 198 Å². The fourth-order valence-corrected chi connectivity index (χ4v) is 18.7. The molecule has 0 radical (unpaired) electrons. The van der Waals surface area contributed by atoms with Crippen molar-refractivity contribution in [2.24, 2.45) is 28.2 Å². The molecule has 12 heterocycles. The van der Waals surface area contributed by atoms with Crippen LogP contribution in [-0.2, 0) is 34.6 Å². The summed E-state index contributed by atoms with van der Waals surface area (Å²) in [6, 6.07) is 69.4. The summed E-state index contributed by atoms with van der Waals surface area (Å²) in [7, 11) is 8.44. The highest BCUT2D eigenvalue weighted by Gasteiger charge is 2.30.